The molecule has 1 aromatic heterocycles. The fourth-order valence-electron chi connectivity index (χ4n) is 2.57. The number of nitro benzene ring substituents is 1. The number of anilines is 1. The molecule has 0 unspecified atom stereocenters. The van der Waals surface area contributed by atoms with E-state index in [1.807, 2.05) is 0 Å². The molecule has 0 atom stereocenters. The number of nitro groups is 1. The van der Waals surface area contributed by atoms with E-state index >= 15 is 0 Å². The number of nitrogens with one attached hydrogen (secondary N) is 2. The van der Waals surface area contributed by atoms with Gasteiger partial charge in [0.05, 0.1) is 33.1 Å². The lowest BCUT2D eigenvalue weighted by molar-refractivity contribution is -0.384. The minimum absolute atomic E-state index is 0.0965. The first-order chi connectivity index (χ1) is 14.4. The van der Waals surface area contributed by atoms with Crippen molar-refractivity contribution in [3.8, 4) is 5.69 Å². The van der Waals surface area contributed by atoms with E-state index < -0.39 is 10.5 Å². The summed E-state index contributed by atoms with van der Waals surface area (Å²) in [6.45, 7) is 0.546. The van der Waals surface area contributed by atoms with Gasteiger partial charge in [-0.15, -0.1) is 0 Å². The first kappa shape index (κ1) is 21.3. The standard InChI is InChI=1S/C19H15Cl2N5O4/c20-15-4-2-1-3-14(15)18(27)23-10-9-22-16-11-24-25(19(28)17(16)21)12-5-7-13(8-6-12)26(29)30/h1-8,11,22H,9-10H2,(H,23,27). The Hall–Kier alpha value is -3.43. The quantitative estimate of drug-likeness (QED) is 0.325. The first-order valence-electron chi connectivity index (χ1n) is 8.67. The third-order valence-corrected chi connectivity index (χ3v) is 4.76. The molecule has 2 N–H and O–H groups in total. The summed E-state index contributed by atoms with van der Waals surface area (Å²) in [4.78, 5) is 34.8. The van der Waals surface area contributed by atoms with Gasteiger partial charge in [0.15, 0.2) is 0 Å². The van der Waals surface area contributed by atoms with Gasteiger partial charge in [0, 0.05) is 25.2 Å². The Morgan fingerprint density at radius 2 is 1.80 bits per heavy atom. The second-order valence-electron chi connectivity index (χ2n) is 6.03. The number of carbonyl (C=O) groups excluding carboxylic acids is 1. The maximum absolute atomic E-state index is 12.5. The summed E-state index contributed by atoms with van der Waals surface area (Å²) in [5.74, 6) is -0.319. The number of hydrogen-bond acceptors (Lipinski definition) is 6. The smallest absolute Gasteiger partial charge is 0.292 e. The molecular formula is C19H15Cl2N5O4. The van der Waals surface area contributed by atoms with E-state index in [1.165, 1.54) is 30.5 Å². The molecule has 0 radical (unpaired) electrons. The predicted octanol–water partition coefficient (Wildman–Crippen LogP) is 3.29. The zero-order valence-corrected chi connectivity index (χ0v) is 16.9. The summed E-state index contributed by atoms with van der Waals surface area (Å²) in [6, 6.07) is 12.0. The van der Waals surface area contributed by atoms with Crippen molar-refractivity contribution in [2.24, 2.45) is 0 Å². The van der Waals surface area contributed by atoms with Crippen molar-refractivity contribution in [2.45, 2.75) is 0 Å². The zero-order chi connectivity index (χ0) is 21.7. The van der Waals surface area contributed by atoms with Gasteiger partial charge in [-0.2, -0.15) is 9.78 Å². The lowest BCUT2D eigenvalue weighted by Crippen LogP contribution is -2.29. The highest BCUT2D eigenvalue weighted by Crippen LogP contribution is 2.18. The van der Waals surface area contributed by atoms with Gasteiger partial charge in [-0.05, 0) is 24.3 Å². The molecule has 0 bridgehead atoms. The summed E-state index contributed by atoms with van der Waals surface area (Å²) in [7, 11) is 0. The Balaban J connectivity index is 1.63. The molecule has 0 saturated heterocycles. The fraction of sp³-hybridized carbons (Fsp3) is 0.105. The van der Waals surface area contributed by atoms with Crippen LogP contribution in [-0.2, 0) is 0 Å². The van der Waals surface area contributed by atoms with Crippen LogP contribution in [0, 0.1) is 10.1 Å². The van der Waals surface area contributed by atoms with E-state index in [4.69, 9.17) is 23.2 Å². The van der Waals surface area contributed by atoms with E-state index in [1.54, 1.807) is 24.3 Å². The van der Waals surface area contributed by atoms with Crippen molar-refractivity contribution in [2.75, 3.05) is 18.4 Å². The van der Waals surface area contributed by atoms with E-state index in [0.717, 1.165) is 4.68 Å². The zero-order valence-electron chi connectivity index (χ0n) is 15.3. The van der Waals surface area contributed by atoms with Gasteiger partial charge < -0.3 is 10.6 Å². The van der Waals surface area contributed by atoms with Gasteiger partial charge in [0.2, 0.25) is 0 Å². The van der Waals surface area contributed by atoms with Crippen LogP contribution in [0.5, 0.6) is 0 Å². The van der Waals surface area contributed by atoms with Gasteiger partial charge in [0.25, 0.3) is 17.2 Å². The molecule has 2 aromatic carbocycles. The third-order valence-electron chi connectivity index (χ3n) is 4.07. The van der Waals surface area contributed by atoms with Crippen molar-refractivity contribution < 1.29 is 9.72 Å². The molecule has 3 aromatic rings. The maximum atomic E-state index is 12.5. The van der Waals surface area contributed by atoms with Crippen molar-refractivity contribution in [1.29, 1.82) is 0 Å². The van der Waals surface area contributed by atoms with Crippen LogP contribution < -0.4 is 16.2 Å². The Bertz CT molecular complexity index is 1150. The molecule has 9 nitrogen and oxygen atoms in total. The lowest BCUT2D eigenvalue weighted by Gasteiger charge is -2.11. The molecule has 3 rings (SSSR count). The molecule has 154 valence electrons. The maximum Gasteiger partial charge on any atom is 0.292 e. The largest absolute Gasteiger partial charge is 0.381 e. The summed E-state index contributed by atoms with van der Waals surface area (Å²) in [5.41, 5.74) is 0.313. The van der Waals surface area contributed by atoms with E-state index in [2.05, 4.69) is 15.7 Å². The summed E-state index contributed by atoms with van der Waals surface area (Å²) in [6.07, 6.45) is 1.36. The Kier molecular flexibility index (Phi) is 6.65. The average molecular weight is 448 g/mol. The van der Waals surface area contributed by atoms with Crippen LogP contribution >= 0.6 is 23.2 Å². The van der Waals surface area contributed by atoms with Crippen molar-refractivity contribution in [3.63, 3.8) is 0 Å². The molecule has 0 aliphatic rings. The molecule has 0 fully saturated rings. The number of aromatic nitrogens is 2. The minimum atomic E-state index is -0.587. The van der Waals surface area contributed by atoms with Gasteiger partial charge in [-0.25, -0.2) is 0 Å². The van der Waals surface area contributed by atoms with Crippen LogP contribution in [0.15, 0.2) is 59.5 Å². The molecule has 0 spiro atoms. The average Bonchev–Trinajstić information content (AvgIpc) is 2.74. The van der Waals surface area contributed by atoms with Crippen molar-refractivity contribution >= 4 is 40.5 Å². The van der Waals surface area contributed by atoms with E-state index in [-0.39, 0.29) is 23.2 Å². The third kappa shape index (κ3) is 4.76. The van der Waals surface area contributed by atoms with Crippen LogP contribution in [0.2, 0.25) is 10.0 Å². The molecular weight excluding hydrogens is 433 g/mol. The first-order valence-corrected chi connectivity index (χ1v) is 9.43. The highest BCUT2D eigenvalue weighted by Gasteiger charge is 2.13. The van der Waals surface area contributed by atoms with Crippen molar-refractivity contribution in [1.82, 2.24) is 15.1 Å². The summed E-state index contributed by atoms with van der Waals surface area (Å²) in [5, 5.41) is 20.7. The molecule has 0 saturated carbocycles. The lowest BCUT2D eigenvalue weighted by atomic mass is 10.2. The molecule has 0 aliphatic heterocycles. The minimum Gasteiger partial charge on any atom is -0.381 e. The van der Waals surface area contributed by atoms with Crippen LogP contribution in [0.1, 0.15) is 10.4 Å². The number of benzene rings is 2. The van der Waals surface area contributed by atoms with Crippen molar-refractivity contribution in [3.05, 3.63) is 90.8 Å². The highest BCUT2D eigenvalue weighted by atomic mass is 35.5. The molecule has 1 amide bonds. The highest BCUT2D eigenvalue weighted by molar-refractivity contribution is 6.34. The van der Waals surface area contributed by atoms with Crippen LogP contribution in [0.4, 0.5) is 11.4 Å². The van der Waals surface area contributed by atoms with Gasteiger partial charge >= 0.3 is 0 Å². The Labute approximate surface area is 180 Å². The van der Waals surface area contributed by atoms with Gasteiger partial charge in [0.1, 0.15) is 5.02 Å². The van der Waals surface area contributed by atoms with Crippen LogP contribution in [-0.4, -0.2) is 33.7 Å². The number of hydrogen-bond donors (Lipinski definition) is 2. The second kappa shape index (κ2) is 9.38. The normalized spacial score (nSPS) is 10.5. The number of rotatable bonds is 7. The topological polar surface area (TPSA) is 119 Å². The number of amides is 1. The predicted molar refractivity (Wildman–Crippen MR) is 114 cm³/mol. The van der Waals surface area contributed by atoms with Gasteiger partial charge in [-0.3, -0.25) is 19.7 Å². The summed E-state index contributed by atoms with van der Waals surface area (Å²) >= 11 is 12.1. The van der Waals surface area contributed by atoms with Gasteiger partial charge in [-0.1, -0.05) is 35.3 Å². The number of halogens is 2. The Morgan fingerprint density at radius 1 is 1.10 bits per heavy atom. The number of non-ortho nitro benzene ring substituents is 1. The van der Waals surface area contributed by atoms with E-state index in [0.29, 0.717) is 28.5 Å². The molecule has 30 heavy (non-hydrogen) atoms. The molecule has 11 heteroatoms. The van der Waals surface area contributed by atoms with Crippen LogP contribution in [0.25, 0.3) is 5.69 Å². The summed E-state index contributed by atoms with van der Waals surface area (Å²) < 4.78 is 1.04. The van der Waals surface area contributed by atoms with Crippen LogP contribution in [0.3, 0.4) is 0 Å². The molecule has 1 heterocycles. The van der Waals surface area contributed by atoms with E-state index in [9.17, 15) is 19.7 Å². The SMILES string of the molecule is O=C(NCCNc1cnn(-c2ccc([N+](=O)[O-])cc2)c(=O)c1Cl)c1ccccc1Cl. The molecule has 0 aliphatic carbocycles. The number of nitrogens with zero attached hydrogens (tertiary/aromatic N) is 3. The fourth-order valence-corrected chi connectivity index (χ4v) is 2.99. The Morgan fingerprint density at radius 3 is 2.47 bits per heavy atom. The number of carbonyl (C=O) groups is 1. The second-order valence-corrected chi connectivity index (χ2v) is 6.81. The monoisotopic (exact) mass is 447 g/mol.